The topological polar surface area (TPSA) is 55.4 Å². The lowest BCUT2D eigenvalue weighted by atomic mass is 9.85. The molecule has 0 fully saturated rings. The minimum Gasteiger partial charge on any atom is -0.465 e. The first-order chi connectivity index (χ1) is 8.79. The summed E-state index contributed by atoms with van der Waals surface area (Å²) in [5.41, 5.74) is 1.74. The lowest BCUT2D eigenvalue weighted by Gasteiger charge is -2.23. The van der Waals surface area contributed by atoms with Gasteiger partial charge in [-0.1, -0.05) is 26.8 Å². The maximum atomic E-state index is 11.5. The van der Waals surface area contributed by atoms with Gasteiger partial charge in [-0.15, -0.1) is 11.6 Å². The van der Waals surface area contributed by atoms with Gasteiger partial charge in [0.15, 0.2) is 0 Å². The minimum absolute atomic E-state index is 0.133. The average molecular weight is 284 g/mol. The molecule has 0 spiro atoms. The number of carbonyl (C=O) groups excluding carboxylic acids is 2. The zero-order valence-electron chi connectivity index (χ0n) is 11.5. The summed E-state index contributed by atoms with van der Waals surface area (Å²) in [4.78, 5) is 23.0. The van der Waals surface area contributed by atoms with E-state index >= 15 is 0 Å². The number of hydrogen-bond acceptors (Lipinski definition) is 3. The van der Waals surface area contributed by atoms with Crippen molar-refractivity contribution in [3.05, 3.63) is 29.3 Å². The summed E-state index contributed by atoms with van der Waals surface area (Å²) >= 11 is 5.49. The lowest BCUT2D eigenvalue weighted by molar-refractivity contribution is -0.113. The Kier molecular flexibility index (Phi) is 4.95. The molecule has 0 bridgehead atoms. The van der Waals surface area contributed by atoms with Crippen LogP contribution in [0.5, 0.6) is 0 Å². The van der Waals surface area contributed by atoms with E-state index in [2.05, 4.69) is 10.1 Å². The van der Waals surface area contributed by atoms with Crippen molar-refractivity contribution < 1.29 is 14.3 Å². The number of hydrogen-bond donors (Lipinski definition) is 1. The highest BCUT2D eigenvalue weighted by Crippen LogP contribution is 2.30. The molecule has 0 aromatic heterocycles. The van der Waals surface area contributed by atoms with E-state index in [9.17, 15) is 9.59 Å². The van der Waals surface area contributed by atoms with E-state index in [4.69, 9.17) is 11.6 Å². The Balaban J connectivity index is 3.26. The molecule has 1 rings (SSSR count). The van der Waals surface area contributed by atoms with Crippen LogP contribution in [-0.2, 0) is 14.9 Å². The van der Waals surface area contributed by atoms with Gasteiger partial charge in [-0.05, 0) is 23.1 Å². The highest BCUT2D eigenvalue weighted by molar-refractivity contribution is 6.29. The Morgan fingerprint density at radius 2 is 1.95 bits per heavy atom. The first kappa shape index (κ1) is 15.5. The van der Waals surface area contributed by atoms with Crippen LogP contribution in [0.15, 0.2) is 18.2 Å². The largest absolute Gasteiger partial charge is 0.465 e. The number of amides is 1. The molecule has 1 aromatic rings. The smallest absolute Gasteiger partial charge is 0.337 e. The number of anilines is 1. The van der Waals surface area contributed by atoms with Crippen molar-refractivity contribution in [3.8, 4) is 0 Å². The van der Waals surface area contributed by atoms with Gasteiger partial charge in [0.25, 0.3) is 0 Å². The van der Waals surface area contributed by atoms with Crippen LogP contribution in [0.25, 0.3) is 0 Å². The van der Waals surface area contributed by atoms with E-state index in [1.165, 1.54) is 7.11 Å². The van der Waals surface area contributed by atoms with Crippen LogP contribution >= 0.6 is 11.6 Å². The summed E-state index contributed by atoms with van der Waals surface area (Å²) in [5.74, 6) is -0.887. The molecule has 0 aliphatic rings. The van der Waals surface area contributed by atoms with E-state index in [-0.39, 0.29) is 17.2 Å². The van der Waals surface area contributed by atoms with Gasteiger partial charge in [0.2, 0.25) is 5.91 Å². The number of nitrogens with one attached hydrogen (secondary N) is 1. The Hall–Kier alpha value is -1.55. The summed E-state index contributed by atoms with van der Waals surface area (Å²) < 4.78 is 4.67. The molecule has 5 heteroatoms. The first-order valence-corrected chi connectivity index (χ1v) is 6.41. The standard InChI is InChI=1S/C14H18ClNO3/c1-14(2,3)10-6-5-9(13(18)19-4)7-11(10)16-12(17)8-15/h5-7H,8H2,1-4H3,(H,16,17). The van der Waals surface area contributed by atoms with Crippen LogP contribution in [0.3, 0.4) is 0 Å². The molecule has 0 atom stereocenters. The minimum atomic E-state index is -0.443. The second-order valence-electron chi connectivity index (χ2n) is 5.18. The first-order valence-electron chi connectivity index (χ1n) is 5.88. The zero-order chi connectivity index (χ0) is 14.6. The summed E-state index contributed by atoms with van der Waals surface area (Å²) in [6.45, 7) is 6.07. The van der Waals surface area contributed by atoms with Crippen LogP contribution in [0.4, 0.5) is 5.69 Å². The quantitative estimate of drug-likeness (QED) is 0.685. The van der Waals surface area contributed by atoms with Crippen LogP contribution in [0.1, 0.15) is 36.7 Å². The molecule has 0 heterocycles. The molecule has 1 aromatic carbocycles. The Morgan fingerprint density at radius 1 is 1.32 bits per heavy atom. The van der Waals surface area contributed by atoms with Crippen molar-refractivity contribution >= 4 is 29.2 Å². The van der Waals surface area contributed by atoms with Crippen LogP contribution in [0.2, 0.25) is 0 Å². The van der Waals surface area contributed by atoms with E-state index in [1.54, 1.807) is 12.1 Å². The predicted molar refractivity (Wildman–Crippen MR) is 75.8 cm³/mol. The molecule has 4 nitrogen and oxygen atoms in total. The average Bonchev–Trinajstić information content (AvgIpc) is 2.36. The summed E-state index contributed by atoms with van der Waals surface area (Å²) in [6.07, 6.45) is 0. The van der Waals surface area contributed by atoms with Crippen molar-refractivity contribution in [2.75, 3.05) is 18.3 Å². The van der Waals surface area contributed by atoms with E-state index < -0.39 is 5.97 Å². The van der Waals surface area contributed by atoms with Gasteiger partial charge in [0, 0.05) is 5.69 Å². The third-order valence-corrected chi connectivity index (χ3v) is 2.89. The van der Waals surface area contributed by atoms with Gasteiger partial charge in [-0.25, -0.2) is 4.79 Å². The van der Waals surface area contributed by atoms with Gasteiger partial charge >= 0.3 is 5.97 Å². The molecule has 0 aliphatic carbocycles. The number of halogens is 1. The van der Waals surface area contributed by atoms with Crippen LogP contribution in [-0.4, -0.2) is 24.9 Å². The highest BCUT2D eigenvalue weighted by atomic mass is 35.5. The molecule has 1 N–H and O–H groups in total. The summed E-state index contributed by atoms with van der Waals surface area (Å²) in [5, 5.41) is 2.71. The van der Waals surface area contributed by atoms with Gasteiger partial charge in [0.1, 0.15) is 5.88 Å². The molecule has 104 valence electrons. The van der Waals surface area contributed by atoms with Gasteiger partial charge in [-0.2, -0.15) is 0 Å². The maximum absolute atomic E-state index is 11.5. The molecular weight excluding hydrogens is 266 g/mol. The molecule has 0 saturated carbocycles. The normalized spacial score (nSPS) is 11.0. The molecule has 19 heavy (non-hydrogen) atoms. The fraction of sp³-hybridized carbons (Fsp3) is 0.429. The predicted octanol–water partition coefficient (Wildman–Crippen LogP) is 2.95. The van der Waals surface area contributed by atoms with E-state index in [0.717, 1.165) is 5.56 Å². The van der Waals surface area contributed by atoms with Crippen molar-refractivity contribution in [1.29, 1.82) is 0 Å². The monoisotopic (exact) mass is 283 g/mol. The maximum Gasteiger partial charge on any atom is 0.337 e. The van der Waals surface area contributed by atoms with Crippen molar-refractivity contribution in [2.45, 2.75) is 26.2 Å². The molecular formula is C14H18ClNO3. The lowest BCUT2D eigenvalue weighted by Crippen LogP contribution is -2.20. The van der Waals surface area contributed by atoms with Gasteiger partial charge < -0.3 is 10.1 Å². The van der Waals surface area contributed by atoms with E-state index in [1.807, 2.05) is 26.8 Å². The summed E-state index contributed by atoms with van der Waals surface area (Å²) in [6, 6.07) is 5.11. The highest BCUT2D eigenvalue weighted by Gasteiger charge is 2.20. The van der Waals surface area contributed by atoms with Gasteiger partial charge in [-0.3, -0.25) is 4.79 Å². The SMILES string of the molecule is COC(=O)c1ccc(C(C)(C)C)c(NC(=O)CCl)c1. The van der Waals surface area contributed by atoms with Crippen molar-refractivity contribution in [1.82, 2.24) is 0 Å². The molecule has 0 saturated heterocycles. The summed E-state index contributed by atoms with van der Waals surface area (Å²) in [7, 11) is 1.32. The number of methoxy groups -OCH3 is 1. The number of rotatable bonds is 3. The third-order valence-electron chi connectivity index (χ3n) is 2.64. The van der Waals surface area contributed by atoms with Crippen molar-refractivity contribution in [2.24, 2.45) is 0 Å². The number of ether oxygens (including phenoxy) is 1. The Bertz CT molecular complexity index is 492. The second-order valence-corrected chi connectivity index (χ2v) is 5.45. The van der Waals surface area contributed by atoms with Gasteiger partial charge in [0.05, 0.1) is 12.7 Å². The number of carbonyl (C=O) groups is 2. The molecule has 0 aliphatic heterocycles. The van der Waals surface area contributed by atoms with E-state index in [0.29, 0.717) is 11.3 Å². The number of esters is 1. The molecule has 0 radical (unpaired) electrons. The van der Waals surface area contributed by atoms with Crippen molar-refractivity contribution in [3.63, 3.8) is 0 Å². The number of alkyl halides is 1. The second kappa shape index (κ2) is 6.06. The Morgan fingerprint density at radius 3 is 2.42 bits per heavy atom. The fourth-order valence-corrected chi connectivity index (χ4v) is 1.80. The van der Waals surface area contributed by atoms with Crippen LogP contribution < -0.4 is 5.32 Å². The molecule has 1 amide bonds. The Labute approximate surface area is 118 Å². The zero-order valence-corrected chi connectivity index (χ0v) is 12.3. The molecule has 0 unspecified atom stereocenters. The fourth-order valence-electron chi connectivity index (χ4n) is 1.73. The van der Waals surface area contributed by atoms with Crippen LogP contribution in [0, 0.1) is 0 Å². The third kappa shape index (κ3) is 3.96. The number of benzene rings is 1.